The highest BCUT2D eigenvalue weighted by Gasteiger charge is 2.40. The van der Waals surface area contributed by atoms with Gasteiger partial charge in [0.15, 0.2) is 6.10 Å². The topological polar surface area (TPSA) is 59.1 Å². The molecule has 0 bridgehead atoms. The van der Waals surface area contributed by atoms with Crippen LogP contribution in [-0.4, -0.2) is 57.2 Å². The number of halogens is 1. The zero-order valence-corrected chi connectivity index (χ0v) is 19.2. The van der Waals surface area contributed by atoms with E-state index in [0.717, 1.165) is 35.5 Å². The van der Waals surface area contributed by atoms with Crippen LogP contribution in [0.25, 0.3) is 0 Å². The van der Waals surface area contributed by atoms with Crippen LogP contribution in [0.3, 0.4) is 0 Å². The van der Waals surface area contributed by atoms with Crippen LogP contribution in [0.5, 0.6) is 5.75 Å². The van der Waals surface area contributed by atoms with E-state index in [1.54, 1.807) is 18.1 Å². The van der Waals surface area contributed by atoms with Gasteiger partial charge in [0.1, 0.15) is 5.75 Å². The Balaban J connectivity index is 2.05. The van der Waals surface area contributed by atoms with E-state index in [1.807, 2.05) is 50.5 Å². The van der Waals surface area contributed by atoms with Crippen molar-refractivity contribution >= 4 is 29.2 Å². The molecule has 0 aromatic heterocycles. The molecule has 2 aromatic rings. The lowest BCUT2D eigenvalue weighted by Gasteiger charge is -2.28. The highest BCUT2D eigenvalue weighted by Crippen LogP contribution is 2.38. The van der Waals surface area contributed by atoms with Crippen LogP contribution in [0.4, 0.5) is 5.69 Å². The van der Waals surface area contributed by atoms with Gasteiger partial charge in [-0.25, -0.2) is 0 Å². The molecule has 0 saturated heterocycles. The fourth-order valence-electron chi connectivity index (χ4n) is 4.00. The van der Waals surface area contributed by atoms with Gasteiger partial charge in [-0.3, -0.25) is 9.59 Å². The van der Waals surface area contributed by atoms with Crippen LogP contribution in [0.2, 0.25) is 5.02 Å². The van der Waals surface area contributed by atoms with Gasteiger partial charge >= 0.3 is 5.97 Å². The van der Waals surface area contributed by atoms with Crippen molar-refractivity contribution in [1.29, 1.82) is 0 Å². The van der Waals surface area contributed by atoms with E-state index >= 15 is 0 Å². The summed E-state index contributed by atoms with van der Waals surface area (Å²) in [5, 5.41) is 0.610. The molecule has 7 heteroatoms. The highest BCUT2D eigenvalue weighted by molar-refractivity contribution is 6.30. The molecule has 1 aliphatic heterocycles. The number of methoxy groups -OCH3 is 1. The molecule has 1 aliphatic rings. The second-order valence-electron chi connectivity index (χ2n) is 8.03. The molecule has 6 nitrogen and oxygen atoms in total. The van der Waals surface area contributed by atoms with Crippen molar-refractivity contribution in [2.45, 2.75) is 31.8 Å². The molecule has 31 heavy (non-hydrogen) atoms. The first-order valence-corrected chi connectivity index (χ1v) is 10.7. The second-order valence-corrected chi connectivity index (χ2v) is 8.47. The average Bonchev–Trinajstić information content (AvgIpc) is 2.83. The van der Waals surface area contributed by atoms with Crippen molar-refractivity contribution < 1.29 is 19.1 Å². The molecular weight excluding hydrogens is 416 g/mol. The van der Waals surface area contributed by atoms with Crippen molar-refractivity contribution in [3.8, 4) is 5.75 Å². The van der Waals surface area contributed by atoms with Gasteiger partial charge in [-0.2, -0.15) is 0 Å². The number of carbonyl (C=O) groups excluding carboxylic acids is 2. The third-order valence-corrected chi connectivity index (χ3v) is 5.71. The summed E-state index contributed by atoms with van der Waals surface area (Å²) < 4.78 is 10.9. The first kappa shape index (κ1) is 23.1. The number of benzene rings is 2. The number of amides is 1. The van der Waals surface area contributed by atoms with Crippen molar-refractivity contribution in [1.82, 2.24) is 4.90 Å². The van der Waals surface area contributed by atoms with E-state index in [1.165, 1.54) is 6.92 Å². The van der Waals surface area contributed by atoms with Crippen molar-refractivity contribution in [3.63, 3.8) is 0 Å². The van der Waals surface area contributed by atoms with Crippen LogP contribution in [0.1, 0.15) is 30.4 Å². The summed E-state index contributed by atoms with van der Waals surface area (Å²) in [5.41, 5.74) is 2.68. The van der Waals surface area contributed by atoms with Crippen LogP contribution in [0.15, 0.2) is 42.5 Å². The third kappa shape index (κ3) is 5.57. The van der Waals surface area contributed by atoms with Gasteiger partial charge in [0.05, 0.1) is 7.11 Å². The van der Waals surface area contributed by atoms with Crippen molar-refractivity contribution in [2.75, 3.05) is 39.2 Å². The van der Waals surface area contributed by atoms with E-state index in [4.69, 9.17) is 21.1 Å². The summed E-state index contributed by atoms with van der Waals surface area (Å²) in [6.45, 7) is 2.70. The molecule has 166 valence electrons. The molecule has 0 aliphatic carbocycles. The van der Waals surface area contributed by atoms with Gasteiger partial charge in [0.2, 0.25) is 0 Å². The number of hydrogen-bond donors (Lipinski definition) is 0. The lowest BCUT2D eigenvalue weighted by Crippen LogP contribution is -2.44. The Hall–Kier alpha value is -2.57. The predicted octanol–water partition coefficient (Wildman–Crippen LogP) is 3.90. The quantitative estimate of drug-likeness (QED) is 0.606. The second kappa shape index (κ2) is 10.2. The number of nitrogens with zero attached hydrogens (tertiary/aromatic N) is 2. The number of hydrogen-bond acceptors (Lipinski definition) is 5. The van der Waals surface area contributed by atoms with E-state index in [-0.39, 0.29) is 11.8 Å². The molecule has 2 unspecified atom stereocenters. The Morgan fingerprint density at radius 1 is 1.19 bits per heavy atom. The molecule has 2 aromatic carbocycles. The standard InChI is InChI=1S/C24H29ClN2O4/c1-16(28)31-23-21(17-6-9-20(30-4)10-7-17)15-18-14-19(25)8-11-22(18)27(24(23)29)13-5-12-26(2)3/h6-11,14,21,23H,5,12-13,15H2,1-4H3. The van der Waals surface area contributed by atoms with Gasteiger partial charge < -0.3 is 19.3 Å². The number of rotatable bonds is 7. The highest BCUT2D eigenvalue weighted by atomic mass is 35.5. The van der Waals surface area contributed by atoms with Crippen molar-refractivity contribution in [2.24, 2.45) is 0 Å². The zero-order chi connectivity index (χ0) is 22.5. The summed E-state index contributed by atoms with van der Waals surface area (Å²) in [6, 6.07) is 13.1. The molecule has 0 N–H and O–H groups in total. The monoisotopic (exact) mass is 444 g/mol. The van der Waals surface area contributed by atoms with Crippen molar-refractivity contribution in [3.05, 3.63) is 58.6 Å². The van der Waals surface area contributed by atoms with Crippen LogP contribution in [-0.2, 0) is 20.7 Å². The first-order valence-electron chi connectivity index (χ1n) is 10.4. The Kier molecular flexibility index (Phi) is 7.57. The Morgan fingerprint density at radius 2 is 1.90 bits per heavy atom. The van der Waals surface area contributed by atoms with Crippen LogP contribution in [0, 0.1) is 0 Å². The normalized spacial score (nSPS) is 18.5. The number of ether oxygens (including phenoxy) is 2. The fourth-order valence-corrected chi connectivity index (χ4v) is 4.19. The summed E-state index contributed by atoms with van der Waals surface area (Å²) in [5.74, 6) is -0.301. The number of anilines is 1. The van der Waals surface area contributed by atoms with Gasteiger partial charge in [0.25, 0.3) is 5.91 Å². The maximum atomic E-state index is 13.7. The van der Waals surface area contributed by atoms with Crippen LogP contribution < -0.4 is 9.64 Å². The first-order chi connectivity index (χ1) is 14.8. The van der Waals surface area contributed by atoms with E-state index in [9.17, 15) is 9.59 Å². The number of fused-ring (bicyclic) bond motifs is 1. The molecule has 0 spiro atoms. The Labute approximate surface area is 188 Å². The summed E-state index contributed by atoms with van der Waals surface area (Å²) in [4.78, 5) is 29.5. The molecule has 1 heterocycles. The largest absolute Gasteiger partial charge is 0.497 e. The molecular formula is C24H29ClN2O4. The molecule has 2 atom stereocenters. The number of carbonyl (C=O) groups is 2. The SMILES string of the molecule is COc1ccc(C2Cc3cc(Cl)ccc3N(CCCN(C)C)C(=O)C2OC(C)=O)cc1. The zero-order valence-electron chi connectivity index (χ0n) is 18.4. The minimum atomic E-state index is -0.920. The molecule has 3 rings (SSSR count). The Bertz CT molecular complexity index is 930. The maximum absolute atomic E-state index is 13.7. The third-order valence-electron chi connectivity index (χ3n) is 5.47. The van der Waals surface area contributed by atoms with Gasteiger partial charge in [0, 0.05) is 30.1 Å². The van der Waals surface area contributed by atoms with Gasteiger partial charge in [-0.05, 0) is 74.9 Å². The maximum Gasteiger partial charge on any atom is 0.303 e. The minimum Gasteiger partial charge on any atom is -0.497 e. The summed E-state index contributed by atoms with van der Waals surface area (Å²) in [6.07, 6.45) is 0.396. The minimum absolute atomic E-state index is 0.212. The molecule has 0 fully saturated rings. The van der Waals surface area contributed by atoms with Gasteiger partial charge in [-0.1, -0.05) is 23.7 Å². The summed E-state index contributed by atoms with van der Waals surface area (Å²) in [7, 11) is 5.61. The van der Waals surface area contributed by atoms with Gasteiger partial charge in [-0.15, -0.1) is 0 Å². The molecule has 1 amide bonds. The number of esters is 1. The molecule has 0 saturated carbocycles. The van der Waals surface area contributed by atoms with E-state index < -0.39 is 12.1 Å². The van der Waals surface area contributed by atoms with E-state index in [0.29, 0.717) is 18.0 Å². The Morgan fingerprint density at radius 3 is 2.52 bits per heavy atom. The lowest BCUT2D eigenvalue weighted by molar-refractivity contribution is -0.154. The van der Waals surface area contributed by atoms with Crippen LogP contribution >= 0.6 is 11.6 Å². The van der Waals surface area contributed by atoms with E-state index in [2.05, 4.69) is 4.90 Å². The predicted molar refractivity (Wildman–Crippen MR) is 122 cm³/mol. The fraction of sp³-hybridized carbons (Fsp3) is 0.417. The summed E-state index contributed by atoms with van der Waals surface area (Å²) >= 11 is 6.30. The smallest absolute Gasteiger partial charge is 0.303 e. The average molecular weight is 445 g/mol. The molecule has 0 radical (unpaired) electrons. The lowest BCUT2D eigenvalue weighted by atomic mass is 9.87.